The smallest absolute Gasteiger partial charge is 0.0542 e. The molecular formula is C11H19NOS2. The SMILES string of the molecule is CC(CCO)SC(c1cccs1)C(C)N. The maximum absolute atomic E-state index is 8.88. The highest BCUT2D eigenvalue weighted by atomic mass is 32.2. The molecule has 0 amide bonds. The van der Waals surface area contributed by atoms with Gasteiger partial charge in [-0.15, -0.1) is 23.1 Å². The highest BCUT2D eigenvalue weighted by molar-refractivity contribution is 8.00. The second-order valence-corrected chi connectivity index (χ2v) is 6.32. The number of hydrogen-bond donors (Lipinski definition) is 2. The number of aliphatic hydroxyl groups excluding tert-OH is 1. The van der Waals surface area contributed by atoms with E-state index in [0.29, 0.717) is 10.5 Å². The highest BCUT2D eigenvalue weighted by Gasteiger charge is 2.20. The van der Waals surface area contributed by atoms with Crippen LogP contribution >= 0.6 is 23.1 Å². The van der Waals surface area contributed by atoms with Gasteiger partial charge >= 0.3 is 0 Å². The molecule has 0 aliphatic rings. The van der Waals surface area contributed by atoms with E-state index in [1.807, 2.05) is 18.7 Å². The molecule has 0 saturated carbocycles. The van der Waals surface area contributed by atoms with Gasteiger partial charge in [0.25, 0.3) is 0 Å². The van der Waals surface area contributed by atoms with Crippen LogP contribution in [0.15, 0.2) is 17.5 Å². The van der Waals surface area contributed by atoms with Gasteiger partial charge in [0.2, 0.25) is 0 Å². The van der Waals surface area contributed by atoms with Crippen LogP contribution in [0.2, 0.25) is 0 Å². The molecule has 0 fully saturated rings. The summed E-state index contributed by atoms with van der Waals surface area (Å²) in [5, 5.41) is 11.8. The molecule has 0 aliphatic heterocycles. The lowest BCUT2D eigenvalue weighted by Crippen LogP contribution is -2.23. The van der Waals surface area contributed by atoms with Crippen molar-refractivity contribution in [3.05, 3.63) is 22.4 Å². The van der Waals surface area contributed by atoms with Gasteiger partial charge in [-0.05, 0) is 24.8 Å². The molecule has 1 aromatic rings. The molecule has 0 aliphatic carbocycles. The van der Waals surface area contributed by atoms with Crippen molar-refractivity contribution >= 4 is 23.1 Å². The quantitative estimate of drug-likeness (QED) is 0.810. The van der Waals surface area contributed by atoms with Gasteiger partial charge in [-0.3, -0.25) is 0 Å². The van der Waals surface area contributed by atoms with Crippen LogP contribution in [0.1, 0.15) is 30.4 Å². The van der Waals surface area contributed by atoms with Gasteiger partial charge in [0.15, 0.2) is 0 Å². The zero-order valence-corrected chi connectivity index (χ0v) is 10.9. The van der Waals surface area contributed by atoms with Crippen molar-refractivity contribution in [2.24, 2.45) is 5.73 Å². The minimum Gasteiger partial charge on any atom is -0.396 e. The van der Waals surface area contributed by atoms with Crippen molar-refractivity contribution in [2.45, 2.75) is 36.8 Å². The van der Waals surface area contributed by atoms with Gasteiger partial charge in [0.1, 0.15) is 0 Å². The van der Waals surface area contributed by atoms with E-state index in [-0.39, 0.29) is 12.6 Å². The molecule has 0 bridgehead atoms. The molecule has 3 atom stereocenters. The van der Waals surface area contributed by atoms with E-state index in [0.717, 1.165) is 6.42 Å². The lowest BCUT2D eigenvalue weighted by molar-refractivity contribution is 0.288. The van der Waals surface area contributed by atoms with Gasteiger partial charge < -0.3 is 10.8 Å². The summed E-state index contributed by atoms with van der Waals surface area (Å²) in [5.41, 5.74) is 6.00. The first-order valence-corrected chi connectivity index (χ1v) is 7.02. The predicted octanol–water partition coefficient (Wildman–Crippen LogP) is 2.64. The summed E-state index contributed by atoms with van der Waals surface area (Å²) in [6.45, 7) is 4.44. The van der Waals surface area contributed by atoms with E-state index in [4.69, 9.17) is 10.8 Å². The minimum atomic E-state index is 0.148. The summed E-state index contributed by atoms with van der Waals surface area (Å²) >= 11 is 3.62. The molecule has 0 radical (unpaired) electrons. The number of thioether (sulfide) groups is 1. The van der Waals surface area contributed by atoms with Crippen LogP contribution in [-0.2, 0) is 0 Å². The fourth-order valence-corrected chi connectivity index (χ4v) is 3.76. The van der Waals surface area contributed by atoms with Crippen LogP contribution in [0.4, 0.5) is 0 Å². The Kier molecular flexibility index (Phi) is 5.68. The molecule has 1 aromatic heterocycles. The third-order valence-electron chi connectivity index (χ3n) is 2.22. The number of thiophene rings is 1. The second kappa shape index (κ2) is 6.53. The summed E-state index contributed by atoms with van der Waals surface area (Å²) in [5.74, 6) is 0. The molecule has 3 unspecified atom stereocenters. The van der Waals surface area contributed by atoms with Crippen molar-refractivity contribution in [2.75, 3.05) is 6.61 Å². The molecule has 3 N–H and O–H groups in total. The average molecular weight is 245 g/mol. The first-order valence-electron chi connectivity index (χ1n) is 5.20. The van der Waals surface area contributed by atoms with Crippen LogP contribution in [0.25, 0.3) is 0 Å². The average Bonchev–Trinajstić information content (AvgIpc) is 2.66. The zero-order chi connectivity index (χ0) is 11.3. The maximum Gasteiger partial charge on any atom is 0.0542 e. The van der Waals surface area contributed by atoms with Crippen LogP contribution in [0.3, 0.4) is 0 Å². The minimum absolute atomic E-state index is 0.148. The van der Waals surface area contributed by atoms with Gasteiger partial charge in [-0.2, -0.15) is 0 Å². The molecule has 0 aromatic carbocycles. The van der Waals surface area contributed by atoms with Crippen molar-refractivity contribution < 1.29 is 5.11 Å². The number of nitrogens with two attached hydrogens (primary N) is 1. The third-order valence-corrected chi connectivity index (χ3v) is 5.00. The van der Waals surface area contributed by atoms with Crippen molar-refractivity contribution in [3.8, 4) is 0 Å². The van der Waals surface area contributed by atoms with Crippen LogP contribution in [0.5, 0.6) is 0 Å². The van der Waals surface area contributed by atoms with Gasteiger partial charge in [0, 0.05) is 22.8 Å². The molecule has 2 nitrogen and oxygen atoms in total. The lowest BCUT2D eigenvalue weighted by atomic mass is 10.2. The fraction of sp³-hybridized carbons (Fsp3) is 0.636. The first-order chi connectivity index (χ1) is 7.15. The Hall–Kier alpha value is -0.0300. The van der Waals surface area contributed by atoms with E-state index >= 15 is 0 Å². The summed E-state index contributed by atoms with van der Waals surface area (Å²) in [4.78, 5) is 1.33. The van der Waals surface area contributed by atoms with E-state index in [1.54, 1.807) is 11.3 Å². The van der Waals surface area contributed by atoms with E-state index < -0.39 is 0 Å². The molecule has 15 heavy (non-hydrogen) atoms. The van der Waals surface area contributed by atoms with Crippen LogP contribution in [0, 0.1) is 0 Å². The van der Waals surface area contributed by atoms with E-state index in [9.17, 15) is 0 Å². The van der Waals surface area contributed by atoms with Gasteiger partial charge in [-0.25, -0.2) is 0 Å². The Morgan fingerprint density at radius 3 is 2.73 bits per heavy atom. The topological polar surface area (TPSA) is 46.2 Å². The standard InChI is InChI=1S/C11H19NOS2/c1-8(5-6-13)15-11(9(2)12)10-4-3-7-14-10/h3-4,7-9,11,13H,5-6,12H2,1-2H3. The number of hydrogen-bond acceptors (Lipinski definition) is 4. The maximum atomic E-state index is 8.88. The Morgan fingerprint density at radius 2 is 2.27 bits per heavy atom. The lowest BCUT2D eigenvalue weighted by Gasteiger charge is -2.22. The van der Waals surface area contributed by atoms with Gasteiger partial charge in [0.05, 0.1) is 5.25 Å². The molecule has 0 saturated heterocycles. The fourth-order valence-electron chi connectivity index (χ4n) is 1.40. The Morgan fingerprint density at radius 1 is 1.53 bits per heavy atom. The highest BCUT2D eigenvalue weighted by Crippen LogP contribution is 2.37. The normalized spacial score (nSPS) is 17.3. The van der Waals surface area contributed by atoms with E-state index in [2.05, 4.69) is 24.4 Å². The largest absolute Gasteiger partial charge is 0.396 e. The Balaban J connectivity index is 2.59. The summed E-state index contributed by atoms with van der Waals surface area (Å²) in [7, 11) is 0. The predicted molar refractivity (Wildman–Crippen MR) is 69.5 cm³/mol. The number of aliphatic hydroxyl groups is 1. The van der Waals surface area contributed by atoms with Crippen LogP contribution < -0.4 is 5.73 Å². The third kappa shape index (κ3) is 4.15. The van der Waals surface area contributed by atoms with Crippen LogP contribution in [-0.4, -0.2) is 23.0 Å². The summed E-state index contributed by atoms with van der Waals surface area (Å²) in [6.07, 6.45) is 0.833. The molecule has 86 valence electrons. The molecule has 0 spiro atoms. The molecular weight excluding hydrogens is 226 g/mol. The monoisotopic (exact) mass is 245 g/mol. The molecule has 1 rings (SSSR count). The number of rotatable bonds is 6. The van der Waals surface area contributed by atoms with Crippen molar-refractivity contribution in [1.29, 1.82) is 0 Å². The first kappa shape index (κ1) is 13.0. The van der Waals surface area contributed by atoms with E-state index in [1.165, 1.54) is 4.88 Å². The summed E-state index contributed by atoms with van der Waals surface area (Å²) < 4.78 is 0. The molecule has 1 heterocycles. The summed E-state index contributed by atoms with van der Waals surface area (Å²) in [6, 6.07) is 4.35. The second-order valence-electron chi connectivity index (χ2n) is 3.75. The van der Waals surface area contributed by atoms with Crippen molar-refractivity contribution in [3.63, 3.8) is 0 Å². The zero-order valence-electron chi connectivity index (χ0n) is 9.22. The van der Waals surface area contributed by atoms with Gasteiger partial charge in [-0.1, -0.05) is 13.0 Å². The Labute approximate surface area is 99.9 Å². The van der Waals surface area contributed by atoms with Crippen molar-refractivity contribution in [1.82, 2.24) is 0 Å². The molecule has 4 heteroatoms. The Bertz CT molecular complexity index is 262.